The molecule has 0 aromatic heterocycles. The molecule has 0 unspecified atom stereocenters. The second-order valence-electron chi connectivity index (χ2n) is 2.29. The first-order valence-electron chi connectivity index (χ1n) is 2.53. The molecule has 1 heterocycles. The summed E-state index contributed by atoms with van der Waals surface area (Å²) in [6, 6.07) is 0. The van der Waals surface area contributed by atoms with Crippen LogP contribution in [0.3, 0.4) is 0 Å². The Balaban J connectivity index is 2.75. The van der Waals surface area contributed by atoms with Crippen molar-refractivity contribution in [1.29, 1.82) is 0 Å². The van der Waals surface area contributed by atoms with Crippen molar-refractivity contribution in [3.05, 3.63) is 0 Å². The van der Waals surface area contributed by atoms with E-state index in [1.165, 1.54) is 0 Å². The number of hydrogen-bond acceptors (Lipinski definition) is 4. The van der Waals surface area contributed by atoms with Gasteiger partial charge in [0.05, 0.1) is 11.5 Å². The van der Waals surface area contributed by atoms with Gasteiger partial charge in [0.25, 0.3) is 0 Å². The van der Waals surface area contributed by atoms with E-state index in [0.29, 0.717) is 0 Å². The highest BCUT2D eigenvalue weighted by atomic mass is 32.2. The van der Waals surface area contributed by atoms with E-state index in [-0.39, 0.29) is 11.5 Å². The molecule has 1 saturated heterocycles. The third-order valence-corrected chi connectivity index (χ3v) is 4.85. The zero-order valence-corrected chi connectivity index (χ0v) is 6.65. The fourth-order valence-corrected chi connectivity index (χ4v) is 4.50. The smallest absolute Gasteiger partial charge is 0.213 e. The molecular formula is C3H7NO4S2. The van der Waals surface area contributed by atoms with E-state index >= 15 is 0 Å². The Kier molecular flexibility index (Phi) is 1.53. The highest BCUT2D eigenvalue weighted by Gasteiger charge is 2.40. The van der Waals surface area contributed by atoms with Gasteiger partial charge in [-0.1, -0.05) is 0 Å². The van der Waals surface area contributed by atoms with Gasteiger partial charge in [-0.3, -0.25) is 0 Å². The number of nitrogens with two attached hydrogens (primary N) is 1. The van der Waals surface area contributed by atoms with Gasteiger partial charge in [-0.2, -0.15) is 0 Å². The lowest BCUT2D eigenvalue weighted by Crippen LogP contribution is -2.49. The fourth-order valence-electron chi connectivity index (χ4n) is 0.707. The van der Waals surface area contributed by atoms with Crippen LogP contribution in [0, 0.1) is 0 Å². The normalized spacial score (nSPS) is 25.7. The van der Waals surface area contributed by atoms with Gasteiger partial charge >= 0.3 is 0 Å². The minimum atomic E-state index is -3.62. The molecule has 1 fully saturated rings. The van der Waals surface area contributed by atoms with Gasteiger partial charge in [0.15, 0.2) is 9.84 Å². The van der Waals surface area contributed by atoms with E-state index in [4.69, 9.17) is 0 Å². The minimum absolute atomic E-state index is 0.314. The Bertz CT molecular complexity index is 314. The van der Waals surface area contributed by atoms with Gasteiger partial charge in [0.1, 0.15) is 5.25 Å². The van der Waals surface area contributed by atoms with Crippen molar-refractivity contribution in [3.63, 3.8) is 0 Å². The van der Waals surface area contributed by atoms with Crippen molar-refractivity contribution >= 4 is 19.9 Å². The van der Waals surface area contributed by atoms with Crippen molar-refractivity contribution in [2.45, 2.75) is 5.25 Å². The van der Waals surface area contributed by atoms with Crippen molar-refractivity contribution in [1.82, 2.24) is 0 Å². The predicted molar refractivity (Wildman–Crippen MR) is 35.5 cm³/mol. The van der Waals surface area contributed by atoms with E-state index < -0.39 is 25.1 Å². The Hall–Kier alpha value is -0.140. The van der Waals surface area contributed by atoms with Crippen LogP contribution in [0.5, 0.6) is 0 Å². The molecule has 0 spiro atoms. The summed E-state index contributed by atoms with van der Waals surface area (Å²) in [5.41, 5.74) is 0. The van der Waals surface area contributed by atoms with Crippen LogP contribution in [-0.2, 0) is 19.9 Å². The van der Waals surface area contributed by atoms with E-state index in [2.05, 4.69) is 5.14 Å². The van der Waals surface area contributed by atoms with Crippen molar-refractivity contribution in [2.75, 3.05) is 11.5 Å². The van der Waals surface area contributed by atoms with Crippen LogP contribution in [0.25, 0.3) is 0 Å². The maximum Gasteiger partial charge on any atom is 0.213 e. The molecule has 0 aromatic carbocycles. The molecule has 60 valence electrons. The third-order valence-electron chi connectivity index (χ3n) is 1.34. The van der Waals surface area contributed by atoms with Crippen LogP contribution >= 0.6 is 0 Å². The summed E-state index contributed by atoms with van der Waals surface area (Å²) in [6.07, 6.45) is 0. The molecule has 5 nitrogen and oxygen atoms in total. The van der Waals surface area contributed by atoms with Gasteiger partial charge in [-0.25, -0.2) is 22.0 Å². The lowest BCUT2D eigenvalue weighted by molar-refractivity contribution is 0.560. The quantitative estimate of drug-likeness (QED) is 0.514. The average Bonchev–Trinajstić information content (AvgIpc) is 1.56. The summed E-state index contributed by atoms with van der Waals surface area (Å²) in [7, 11) is -6.69. The molecule has 0 aromatic rings. The van der Waals surface area contributed by atoms with E-state index in [1.54, 1.807) is 0 Å². The summed E-state index contributed by atoms with van der Waals surface area (Å²) in [5, 5.41) is 3.81. The summed E-state index contributed by atoms with van der Waals surface area (Å²) in [5.74, 6) is -0.627. The molecule has 0 saturated carbocycles. The van der Waals surface area contributed by atoms with Crippen LogP contribution in [0.1, 0.15) is 0 Å². The molecule has 7 heteroatoms. The molecule has 10 heavy (non-hydrogen) atoms. The van der Waals surface area contributed by atoms with Crippen LogP contribution in [0.2, 0.25) is 0 Å². The topological polar surface area (TPSA) is 94.3 Å². The van der Waals surface area contributed by atoms with Crippen molar-refractivity contribution < 1.29 is 16.8 Å². The average molecular weight is 185 g/mol. The Labute approximate surface area is 59.2 Å². The molecule has 2 N–H and O–H groups in total. The molecule has 0 amide bonds. The molecule has 1 aliphatic rings. The maximum absolute atomic E-state index is 10.4. The fraction of sp³-hybridized carbons (Fsp3) is 1.00. The highest BCUT2D eigenvalue weighted by Crippen LogP contribution is 2.15. The highest BCUT2D eigenvalue weighted by molar-refractivity contribution is 7.98. The Morgan fingerprint density at radius 3 is 1.80 bits per heavy atom. The second-order valence-corrected chi connectivity index (χ2v) is 6.29. The monoisotopic (exact) mass is 185 g/mol. The zero-order chi connectivity index (χ0) is 7.99. The first kappa shape index (κ1) is 7.96. The van der Waals surface area contributed by atoms with E-state index in [9.17, 15) is 16.8 Å². The van der Waals surface area contributed by atoms with Crippen LogP contribution in [0.4, 0.5) is 0 Å². The minimum Gasteiger partial charge on any atom is -0.229 e. The van der Waals surface area contributed by atoms with Gasteiger partial charge in [0, 0.05) is 0 Å². The van der Waals surface area contributed by atoms with E-state index in [0.717, 1.165) is 0 Å². The Morgan fingerprint density at radius 1 is 1.30 bits per heavy atom. The van der Waals surface area contributed by atoms with E-state index in [1.807, 2.05) is 0 Å². The lowest BCUT2D eigenvalue weighted by Gasteiger charge is -2.22. The second kappa shape index (κ2) is 1.93. The summed E-state index contributed by atoms with van der Waals surface area (Å²) in [6.45, 7) is 0. The van der Waals surface area contributed by atoms with Gasteiger partial charge in [-0.15, -0.1) is 0 Å². The summed E-state index contributed by atoms with van der Waals surface area (Å²) < 4.78 is 41.7. The lowest BCUT2D eigenvalue weighted by atomic mass is 10.5. The number of rotatable bonds is 1. The van der Waals surface area contributed by atoms with Gasteiger partial charge < -0.3 is 0 Å². The molecule has 0 aliphatic carbocycles. The maximum atomic E-state index is 10.4. The van der Waals surface area contributed by atoms with Crippen LogP contribution in [0.15, 0.2) is 0 Å². The zero-order valence-electron chi connectivity index (χ0n) is 5.02. The van der Waals surface area contributed by atoms with Crippen LogP contribution < -0.4 is 5.14 Å². The standard InChI is InChI=1S/C3H7NO4S2/c4-10(7,8)3-1-9(5,6)2-3/h3H,1-2H2,(H2,4,7,8). The molecule has 0 atom stereocenters. The van der Waals surface area contributed by atoms with Crippen molar-refractivity contribution in [3.8, 4) is 0 Å². The molecule has 0 bridgehead atoms. The molecular weight excluding hydrogens is 178 g/mol. The molecule has 1 aliphatic heterocycles. The summed E-state index contributed by atoms with van der Waals surface area (Å²) >= 11 is 0. The number of primary sulfonamides is 1. The SMILES string of the molecule is NS(=O)(=O)C1CS(=O)(=O)C1. The van der Waals surface area contributed by atoms with Crippen LogP contribution in [-0.4, -0.2) is 33.6 Å². The largest absolute Gasteiger partial charge is 0.229 e. The summed E-state index contributed by atoms with van der Waals surface area (Å²) in [4.78, 5) is 0. The first-order valence-corrected chi connectivity index (χ1v) is 5.96. The first-order chi connectivity index (χ1) is 4.31. The molecule has 1 rings (SSSR count). The number of sulfone groups is 1. The van der Waals surface area contributed by atoms with Crippen molar-refractivity contribution in [2.24, 2.45) is 5.14 Å². The number of hydrogen-bond donors (Lipinski definition) is 1. The predicted octanol–water partition coefficient (Wildman–Crippen LogP) is -1.93. The Morgan fingerprint density at radius 2 is 1.70 bits per heavy atom. The number of sulfonamides is 1. The van der Waals surface area contributed by atoms with Gasteiger partial charge in [0.2, 0.25) is 10.0 Å². The van der Waals surface area contributed by atoms with Gasteiger partial charge in [-0.05, 0) is 0 Å². The molecule has 0 radical (unpaired) electrons. The third kappa shape index (κ3) is 1.47.